The molecular weight excluding hydrogens is 207 g/mol. The molecule has 0 bridgehead atoms. The molecule has 4 heteroatoms. The lowest BCUT2D eigenvalue weighted by Gasteiger charge is -2.01. The smallest absolute Gasteiger partial charge is 0.144 e. The molecule has 0 unspecified atom stereocenters. The van der Waals surface area contributed by atoms with Crippen LogP contribution < -0.4 is 5.73 Å². The van der Waals surface area contributed by atoms with Crippen LogP contribution in [-0.2, 0) is 6.42 Å². The Kier molecular flexibility index (Phi) is 3.31. The lowest BCUT2D eigenvalue weighted by atomic mass is 10.0. The van der Waals surface area contributed by atoms with Gasteiger partial charge in [0, 0.05) is 17.5 Å². The summed E-state index contributed by atoms with van der Waals surface area (Å²) in [6, 6.07) is 6.59. The van der Waals surface area contributed by atoms with Gasteiger partial charge in [0.25, 0.3) is 0 Å². The third kappa shape index (κ3) is 2.12. The quantitative estimate of drug-likeness (QED) is 0.860. The summed E-state index contributed by atoms with van der Waals surface area (Å²) >= 11 is 0. The molecule has 1 heterocycles. The fraction of sp³-hybridized carbons (Fsp3) is 0.250. The molecule has 1 aromatic heterocycles. The lowest BCUT2D eigenvalue weighted by molar-refractivity contribution is 0.381. The van der Waals surface area contributed by atoms with E-state index in [4.69, 9.17) is 10.3 Å². The monoisotopic (exact) mass is 220 g/mol. The zero-order valence-corrected chi connectivity index (χ0v) is 8.82. The van der Waals surface area contributed by atoms with Crippen LogP contribution in [0.15, 0.2) is 35.0 Å². The van der Waals surface area contributed by atoms with Gasteiger partial charge in [-0.05, 0) is 19.0 Å². The Morgan fingerprint density at radius 1 is 1.25 bits per heavy atom. The molecule has 0 radical (unpaired) electrons. The van der Waals surface area contributed by atoms with Crippen molar-refractivity contribution in [3.63, 3.8) is 0 Å². The maximum atomic E-state index is 13.6. The van der Waals surface area contributed by atoms with Gasteiger partial charge in [0.05, 0.1) is 6.20 Å². The van der Waals surface area contributed by atoms with E-state index in [9.17, 15) is 4.39 Å². The minimum absolute atomic E-state index is 0.264. The van der Waals surface area contributed by atoms with Crippen molar-refractivity contribution in [3.05, 3.63) is 42.0 Å². The molecule has 1 aromatic carbocycles. The van der Waals surface area contributed by atoms with Crippen molar-refractivity contribution < 1.29 is 8.91 Å². The fourth-order valence-corrected chi connectivity index (χ4v) is 1.61. The maximum Gasteiger partial charge on any atom is 0.144 e. The minimum Gasteiger partial charge on any atom is -0.361 e. The van der Waals surface area contributed by atoms with Crippen LogP contribution in [0.25, 0.3) is 11.1 Å². The molecule has 0 aliphatic carbocycles. The highest BCUT2D eigenvalue weighted by molar-refractivity contribution is 5.65. The van der Waals surface area contributed by atoms with Crippen LogP contribution in [0, 0.1) is 5.82 Å². The van der Waals surface area contributed by atoms with Crippen molar-refractivity contribution in [1.82, 2.24) is 5.16 Å². The summed E-state index contributed by atoms with van der Waals surface area (Å²) in [5.41, 5.74) is 6.67. The van der Waals surface area contributed by atoms with E-state index in [0.717, 1.165) is 6.42 Å². The van der Waals surface area contributed by atoms with Crippen molar-refractivity contribution in [2.75, 3.05) is 6.54 Å². The Morgan fingerprint density at radius 2 is 2.06 bits per heavy atom. The molecule has 0 amide bonds. The van der Waals surface area contributed by atoms with Gasteiger partial charge >= 0.3 is 0 Å². The van der Waals surface area contributed by atoms with Gasteiger partial charge in [-0.3, -0.25) is 0 Å². The maximum absolute atomic E-state index is 13.6. The van der Waals surface area contributed by atoms with E-state index in [1.165, 1.54) is 6.07 Å². The Labute approximate surface area is 93.1 Å². The van der Waals surface area contributed by atoms with E-state index in [0.29, 0.717) is 29.9 Å². The Bertz CT molecular complexity index is 468. The van der Waals surface area contributed by atoms with E-state index >= 15 is 0 Å². The van der Waals surface area contributed by atoms with Crippen molar-refractivity contribution in [2.45, 2.75) is 12.8 Å². The van der Waals surface area contributed by atoms with Crippen LogP contribution in [0.2, 0.25) is 0 Å². The minimum atomic E-state index is -0.264. The number of rotatable bonds is 4. The molecule has 0 saturated heterocycles. The molecule has 2 aromatic rings. The molecule has 0 aliphatic heterocycles. The number of halogens is 1. The van der Waals surface area contributed by atoms with E-state index in [1.807, 2.05) is 0 Å². The van der Waals surface area contributed by atoms with Crippen molar-refractivity contribution in [1.29, 1.82) is 0 Å². The van der Waals surface area contributed by atoms with Crippen molar-refractivity contribution >= 4 is 0 Å². The average Bonchev–Trinajstić information content (AvgIpc) is 2.75. The first-order valence-corrected chi connectivity index (χ1v) is 5.21. The number of hydrogen-bond acceptors (Lipinski definition) is 3. The van der Waals surface area contributed by atoms with E-state index in [2.05, 4.69) is 5.16 Å². The summed E-state index contributed by atoms with van der Waals surface area (Å²) in [6.45, 7) is 0.581. The van der Waals surface area contributed by atoms with Gasteiger partial charge in [0.15, 0.2) is 0 Å². The molecule has 0 fully saturated rings. The summed E-state index contributed by atoms with van der Waals surface area (Å²) in [6.07, 6.45) is 3.03. The molecule has 2 rings (SSSR count). The highest BCUT2D eigenvalue weighted by atomic mass is 19.1. The van der Waals surface area contributed by atoms with Gasteiger partial charge in [-0.25, -0.2) is 4.39 Å². The van der Waals surface area contributed by atoms with Crippen molar-refractivity contribution in [2.24, 2.45) is 5.73 Å². The average molecular weight is 220 g/mol. The largest absolute Gasteiger partial charge is 0.361 e. The lowest BCUT2D eigenvalue weighted by Crippen LogP contribution is -2.00. The van der Waals surface area contributed by atoms with Crippen molar-refractivity contribution in [3.8, 4) is 11.1 Å². The van der Waals surface area contributed by atoms with Crippen LogP contribution in [0.1, 0.15) is 12.2 Å². The van der Waals surface area contributed by atoms with Gasteiger partial charge in [-0.2, -0.15) is 0 Å². The zero-order chi connectivity index (χ0) is 11.4. The molecule has 2 N–H and O–H groups in total. The van der Waals surface area contributed by atoms with Crippen LogP contribution in [-0.4, -0.2) is 11.7 Å². The molecule has 0 spiro atoms. The van der Waals surface area contributed by atoms with Crippen LogP contribution in [0.4, 0.5) is 4.39 Å². The first-order valence-electron chi connectivity index (χ1n) is 5.21. The van der Waals surface area contributed by atoms with Gasteiger partial charge in [-0.1, -0.05) is 23.4 Å². The highest BCUT2D eigenvalue weighted by Crippen LogP contribution is 2.26. The Balaban J connectivity index is 2.33. The third-order valence-corrected chi connectivity index (χ3v) is 2.42. The van der Waals surface area contributed by atoms with E-state index < -0.39 is 0 Å². The van der Waals surface area contributed by atoms with Gasteiger partial charge in [0.1, 0.15) is 11.6 Å². The second-order valence-corrected chi connectivity index (χ2v) is 3.53. The molecule has 3 nitrogen and oxygen atoms in total. The molecule has 0 atom stereocenters. The van der Waals surface area contributed by atoms with Crippen LogP contribution in [0.3, 0.4) is 0 Å². The normalized spacial score (nSPS) is 10.6. The predicted molar refractivity (Wildman–Crippen MR) is 59.3 cm³/mol. The second kappa shape index (κ2) is 4.90. The predicted octanol–water partition coefficient (Wildman–Crippen LogP) is 2.37. The number of nitrogens with two attached hydrogens (primary N) is 1. The summed E-state index contributed by atoms with van der Waals surface area (Å²) in [7, 11) is 0. The third-order valence-electron chi connectivity index (χ3n) is 2.42. The standard InChI is InChI=1S/C12H13FN2O/c13-11-5-2-1-4-9(11)10-8-15-16-12(10)6-3-7-14/h1-2,4-5,8H,3,6-7,14H2. The Hall–Kier alpha value is -1.68. The number of benzene rings is 1. The number of aryl methyl sites for hydroxylation is 1. The number of hydrogen-bond donors (Lipinski definition) is 1. The van der Waals surface area contributed by atoms with Crippen LogP contribution in [0.5, 0.6) is 0 Å². The second-order valence-electron chi connectivity index (χ2n) is 3.53. The molecule has 0 aliphatic rings. The molecular formula is C12H13FN2O. The Morgan fingerprint density at radius 3 is 2.81 bits per heavy atom. The van der Waals surface area contributed by atoms with Gasteiger partial charge in [-0.15, -0.1) is 0 Å². The zero-order valence-electron chi connectivity index (χ0n) is 8.82. The van der Waals surface area contributed by atoms with E-state index in [1.54, 1.807) is 24.4 Å². The fourth-order valence-electron chi connectivity index (χ4n) is 1.61. The van der Waals surface area contributed by atoms with Crippen LogP contribution >= 0.6 is 0 Å². The molecule has 84 valence electrons. The first kappa shape index (κ1) is 10.8. The summed E-state index contributed by atoms with van der Waals surface area (Å²) in [4.78, 5) is 0. The molecule has 0 saturated carbocycles. The van der Waals surface area contributed by atoms with Gasteiger partial charge < -0.3 is 10.3 Å². The first-order chi connectivity index (χ1) is 7.83. The molecule has 16 heavy (non-hydrogen) atoms. The summed E-state index contributed by atoms with van der Waals surface area (Å²) < 4.78 is 18.7. The highest BCUT2D eigenvalue weighted by Gasteiger charge is 2.12. The summed E-state index contributed by atoms with van der Waals surface area (Å²) in [5.74, 6) is 0.426. The van der Waals surface area contributed by atoms with Gasteiger partial charge in [0.2, 0.25) is 0 Å². The topological polar surface area (TPSA) is 52.0 Å². The number of nitrogens with zero attached hydrogens (tertiary/aromatic N) is 1. The SMILES string of the molecule is NCCCc1oncc1-c1ccccc1F. The van der Waals surface area contributed by atoms with E-state index in [-0.39, 0.29) is 5.82 Å². The number of aromatic nitrogens is 1. The summed E-state index contributed by atoms with van der Waals surface area (Å²) in [5, 5.41) is 3.71.